The number of nitrogens with two attached hydrogens (primary N) is 2. The fraction of sp³-hybridized carbons (Fsp3) is 0.553. The molecule has 0 heterocycles. The maximum atomic E-state index is 14.7. The third-order valence-electron chi connectivity index (χ3n) is 11.8. The molecule has 13 heteroatoms. The molecule has 4 saturated carbocycles. The third-order valence-corrected chi connectivity index (χ3v) is 12.4. The predicted octanol–water partition coefficient (Wildman–Crippen LogP) is 1.95. The highest BCUT2D eigenvalue weighted by Gasteiger charge is 2.80. The molecule has 0 saturated heterocycles. The Morgan fingerprint density at radius 2 is 1.69 bits per heavy atom. The molecule has 8 N–H and O–H groups in total. The van der Waals surface area contributed by atoms with Crippen LogP contribution in [0.2, 0.25) is 0 Å². The molecule has 0 spiro atoms. The molecule has 4 aliphatic carbocycles. The summed E-state index contributed by atoms with van der Waals surface area (Å²) in [5, 5.41) is 18.3. The van der Waals surface area contributed by atoms with Crippen molar-refractivity contribution >= 4 is 41.3 Å². The van der Waals surface area contributed by atoms with Crippen LogP contribution >= 0.6 is 11.8 Å². The normalized spacial score (nSPS) is 29.4. The minimum absolute atomic E-state index is 0.0282. The summed E-state index contributed by atoms with van der Waals surface area (Å²) in [5.41, 5.74) is 10.3. The summed E-state index contributed by atoms with van der Waals surface area (Å²) >= 11 is 1.49. The Kier molecular flexibility index (Phi) is 11.6. The van der Waals surface area contributed by atoms with Crippen molar-refractivity contribution in [3.8, 4) is 5.75 Å². The van der Waals surface area contributed by atoms with Gasteiger partial charge in [-0.25, -0.2) is 4.79 Å². The van der Waals surface area contributed by atoms with Crippen LogP contribution in [0.1, 0.15) is 57.1 Å². The van der Waals surface area contributed by atoms with Crippen LogP contribution in [-0.4, -0.2) is 83.9 Å². The van der Waals surface area contributed by atoms with Crippen molar-refractivity contribution in [1.29, 1.82) is 0 Å². The summed E-state index contributed by atoms with van der Waals surface area (Å²) in [6, 6.07) is 12.7. The van der Waals surface area contributed by atoms with Gasteiger partial charge < -0.3 is 37.3 Å². The molecule has 276 valence electrons. The average Bonchev–Trinajstić information content (AvgIpc) is 3.11. The lowest BCUT2D eigenvalue weighted by atomic mass is 9.31. The maximum absolute atomic E-state index is 14.7. The standard InChI is InChI=1S/C38H51N5O7S/c1-22-26-16-25-18-36(20-26,38(32(46)23(2)39,37(22,19-25)41-3)27-8-6-5-7-9-27)35(49)50-31(45)21-42-34(48)30(14-15-51-4)43-33(47)29(40)17-24-10-12-28(44)13-11-24/h5-13,22-23,25-26,29-30,41,44H,14-21,39-40H2,1-4H3,(H,42,48)(H,43,47)/t22?,23-,25?,26?,29-,30+,36?,37?,38?/m0/s1. The average molecular weight is 722 g/mol. The molecular formula is C38H51N5O7S. The molecule has 6 rings (SSSR count). The number of rotatable bonds is 15. The van der Waals surface area contributed by atoms with E-state index in [2.05, 4.69) is 22.9 Å². The molecule has 2 aromatic rings. The number of aromatic hydroxyl groups is 1. The second-order valence-corrected chi connectivity index (χ2v) is 15.6. The minimum atomic E-state index is -1.41. The molecule has 0 aromatic heterocycles. The monoisotopic (exact) mass is 721 g/mol. The Hall–Kier alpha value is -3.78. The quantitative estimate of drug-likeness (QED) is 0.116. The number of ketones is 1. The molecular weight excluding hydrogens is 671 g/mol. The number of carbonyl (C=O) groups is 5. The summed E-state index contributed by atoms with van der Waals surface area (Å²) in [7, 11) is 1.84. The van der Waals surface area contributed by atoms with E-state index in [0.29, 0.717) is 30.6 Å². The highest BCUT2D eigenvalue weighted by molar-refractivity contribution is 7.98. The van der Waals surface area contributed by atoms with Gasteiger partial charge in [0.05, 0.1) is 22.9 Å². The van der Waals surface area contributed by atoms with Gasteiger partial charge in [0.1, 0.15) is 18.3 Å². The SMILES string of the molecule is CNC12CC3CC(CC(C(=O)OC(=O)CNC(=O)[C@@H](CCSC)NC(=O)[C@@H](N)Cc4ccc(O)cc4)(C3)C1(C(=O)[C@H](C)N)c1ccccc1)C2C. The highest BCUT2D eigenvalue weighted by Crippen LogP contribution is 2.72. The minimum Gasteiger partial charge on any atom is -0.508 e. The fourth-order valence-electron chi connectivity index (χ4n) is 9.71. The number of Topliss-reactive ketones (excluding diaryl/α,β-unsaturated/α-hetero) is 1. The Morgan fingerprint density at radius 3 is 2.31 bits per heavy atom. The predicted molar refractivity (Wildman–Crippen MR) is 194 cm³/mol. The zero-order chi connectivity index (χ0) is 37.1. The van der Waals surface area contributed by atoms with Gasteiger partial charge in [-0.05, 0) is 106 Å². The first-order valence-corrected chi connectivity index (χ1v) is 19.1. The lowest BCUT2D eigenvalue weighted by Gasteiger charge is -2.73. The fourth-order valence-corrected chi connectivity index (χ4v) is 10.2. The van der Waals surface area contributed by atoms with Crippen LogP contribution in [0.3, 0.4) is 0 Å². The van der Waals surface area contributed by atoms with Crippen LogP contribution in [0.4, 0.5) is 0 Å². The molecule has 9 atom stereocenters. The van der Waals surface area contributed by atoms with Crippen molar-refractivity contribution in [2.45, 2.75) is 81.5 Å². The van der Waals surface area contributed by atoms with Gasteiger partial charge in [-0.1, -0.05) is 49.4 Å². The number of carbonyl (C=O) groups excluding carboxylic acids is 5. The molecule has 0 aliphatic heterocycles. The molecule has 6 unspecified atom stereocenters. The van der Waals surface area contributed by atoms with E-state index in [9.17, 15) is 29.1 Å². The molecule has 2 aromatic carbocycles. The highest BCUT2D eigenvalue weighted by atomic mass is 32.2. The molecule has 4 fully saturated rings. The number of thioether (sulfide) groups is 1. The van der Waals surface area contributed by atoms with E-state index in [1.165, 1.54) is 23.9 Å². The Labute approximate surface area is 303 Å². The van der Waals surface area contributed by atoms with E-state index in [1.54, 1.807) is 19.1 Å². The van der Waals surface area contributed by atoms with Crippen molar-refractivity contribution < 1.29 is 33.8 Å². The van der Waals surface area contributed by atoms with Gasteiger partial charge in [-0.15, -0.1) is 0 Å². The van der Waals surface area contributed by atoms with Crippen molar-refractivity contribution in [2.24, 2.45) is 34.6 Å². The smallest absolute Gasteiger partial charge is 0.333 e. The number of esters is 2. The Balaban J connectivity index is 1.35. The van der Waals surface area contributed by atoms with E-state index in [-0.39, 0.29) is 42.1 Å². The van der Waals surface area contributed by atoms with Crippen molar-refractivity contribution in [3.63, 3.8) is 0 Å². The number of ether oxygens (including phenoxy) is 1. The summed E-state index contributed by atoms with van der Waals surface area (Å²) in [6.07, 6.45) is 4.66. The largest absolute Gasteiger partial charge is 0.508 e. The van der Waals surface area contributed by atoms with Crippen LogP contribution in [0.5, 0.6) is 5.75 Å². The molecule has 4 aliphatic rings. The van der Waals surface area contributed by atoms with Gasteiger partial charge in [0.2, 0.25) is 11.8 Å². The second-order valence-electron chi connectivity index (χ2n) is 14.6. The Morgan fingerprint density at radius 1 is 1.00 bits per heavy atom. The van der Waals surface area contributed by atoms with Crippen molar-refractivity contribution in [1.82, 2.24) is 16.0 Å². The van der Waals surface area contributed by atoms with Crippen LogP contribution < -0.4 is 27.4 Å². The number of amides is 2. The second kappa shape index (κ2) is 15.4. The van der Waals surface area contributed by atoms with Gasteiger partial charge in [0.25, 0.3) is 0 Å². The van der Waals surface area contributed by atoms with Crippen LogP contribution in [-0.2, 0) is 40.5 Å². The zero-order valence-corrected chi connectivity index (χ0v) is 30.6. The third kappa shape index (κ3) is 6.81. The van der Waals surface area contributed by atoms with Crippen LogP contribution in [0.15, 0.2) is 54.6 Å². The van der Waals surface area contributed by atoms with Gasteiger partial charge in [0.15, 0.2) is 5.78 Å². The van der Waals surface area contributed by atoms with Crippen molar-refractivity contribution in [3.05, 3.63) is 65.7 Å². The lowest BCUT2D eigenvalue weighted by molar-refractivity contribution is -0.213. The molecule has 12 nitrogen and oxygen atoms in total. The first-order chi connectivity index (χ1) is 24.3. The lowest BCUT2D eigenvalue weighted by Crippen LogP contribution is -2.83. The molecule has 51 heavy (non-hydrogen) atoms. The van der Waals surface area contributed by atoms with E-state index in [0.717, 1.165) is 12.0 Å². The van der Waals surface area contributed by atoms with Gasteiger partial charge >= 0.3 is 11.9 Å². The number of hydrogen-bond donors (Lipinski definition) is 6. The van der Waals surface area contributed by atoms with Crippen LogP contribution in [0, 0.1) is 23.2 Å². The van der Waals surface area contributed by atoms with Crippen LogP contribution in [0.25, 0.3) is 0 Å². The van der Waals surface area contributed by atoms with E-state index in [1.807, 2.05) is 43.6 Å². The van der Waals surface area contributed by atoms with Gasteiger partial charge in [-0.3, -0.25) is 19.2 Å². The first kappa shape index (κ1) is 38.5. The van der Waals surface area contributed by atoms with E-state index >= 15 is 0 Å². The summed E-state index contributed by atoms with van der Waals surface area (Å²) < 4.78 is 5.63. The number of nitrogens with one attached hydrogen (secondary N) is 3. The summed E-state index contributed by atoms with van der Waals surface area (Å²) in [4.78, 5) is 69.1. The molecule has 4 bridgehead atoms. The number of likely N-dealkylation sites (N-methyl/N-ethyl adjacent to an activating group) is 1. The van der Waals surface area contributed by atoms with Gasteiger partial charge in [0, 0.05) is 5.54 Å². The number of phenolic OH excluding ortho intramolecular Hbond substituents is 1. The van der Waals surface area contributed by atoms with E-state index < -0.39 is 64.8 Å². The number of hydrogen-bond acceptors (Lipinski definition) is 11. The maximum Gasteiger partial charge on any atom is 0.333 e. The molecule has 2 amide bonds. The summed E-state index contributed by atoms with van der Waals surface area (Å²) in [6.45, 7) is 3.15. The van der Waals surface area contributed by atoms with Gasteiger partial charge in [-0.2, -0.15) is 11.8 Å². The Bertz CT molecular complexity index is 1620. The number of benzene rings is 2. The molecule has 0 radical (unpaired) electrons. The topological polar surface area (TPSA) is 203 Å². The summed E-state index contributed by atoms with van der Waals surface area (Å²) in [5.74, 6) is -2.29. The number of phenols is 1. The zero-order valence-electron chi connectivity index (χ0n) is 29.8. The van der Waals surface area contributed by atoms with Crippen molar-refractivity contribution in [2.75, 3.05) is 25.6 Å². The van der Waals surface area contributed by atoms with E-state index in [4.69, 9.17) is 16.2 Å². The first-order valence-electron chi connectivity index (χ1n) is 17.7.